The van der Waals surface area contributed by atoms with Gasteiger partial charge in [0.1, 0.15) is 47.0 Å². The van der Waals surface area contributed by atoms with Crippen molar-refractivity contribution in [3.63, 3.8) is 0 Å². The second kappa shape index (κ2) is 17.2. The van der Waals surface area contributed by atoms with Gasteiger partial charge < -0.3 is 50.7 Å². The van der Waals surface area contributed by atoms with E-state index in [2.05, 4.69) is 4.18 Å². The molecule has 0 bridgehead atoms. The van der Waals surface area contributed by atoms with Crippen LogP contribution in [0.15, 0.2) is 57.4 Å². The summed E-state index contributed by atoms with van der Waals surface area (Å²) in [5.74, 6) is -0.723. The zero-order chi connectivity index (χ0) is 36.0. The van der Waals surface area contributed by atoms with Crippen molar-refractivity contribution < 1.29 is 98.3 Å². The Morgan fingerprint density at radius 1 is 0.745 bits per heavy atom. The number of carbonyl (C=O) groups excluding carboxylic acids is 2. The van der Waals surface area contributed by atoms with Crippen molar-refractivity contribution in [3.8, 4) is 28.7 Å². The minimum absolute atomic E-state index is 0. The summed E-state index contributed by atoms with van der Waals surface area (Å²) in [4.78, 5) is 26.0. The van der Waals surface area contributed by atoms with Gasteiger partial charge in [-0.25, -0.2) is 18.0 Å². The molecule has 0 aliphatic rings. The smallest absolute Gasteiger partial charge is 0.716 e. The van der Waals surface area contributed by atoms with Crippen molar-refractivity contribution in [2.45, 2.75) is 34.0 Å². The minimum Gasteiger partial charge on any atom is -0.716 e. The molecule has 5 rings (SSSR count). The third-order valence-corrected chi connectivity index (χ3v) is 7.53. The summed E-state index contributed by atoms with van der Waals surface area (Å²) in [5.41, 5.74) is 1.30. The third-order valence-electron chi connectivity index (χ3n) is 7.15. The number of ether oxygens (including phenoxy) is 7. The average Bonchev–Trinajstić information content (AvgIpc) is 3.59. The number of hydrogen-bond donors (Lipinski definition) is 0. The molecule has 51 heavy (non-hydrogen) atoms. The van der Waals surface area contributed by atoms with Gasteiger partial charge in [0.05, 0.1) is 20.3 Å². The zero-order valence-electron chi connectivity index (χ0n) is 28.7. The van der Waals surface area contributed by atoms with Crippen LogP contribution in [0.25, 0.3) is 21.9 Å². The summed E-state index contributed by atoms with van der Waals surface area (Å²) in [5, 5.41) is 0.463. The topological polar surface area (TPSA) is 191 Å². The van der Waals surface area contributed by atoms with Gasteiger partial charge in [0.15, 0.2) is 35.6 Å². The summed E-state index contributed by atoms with van der Waals surface area (Å²) in [6.07, 6.45) is 0. The van der Waals surface area contributed by atoms with Crippen LogP contribution in [0.4, 0.5) is 0 Å². The van der Waals surface area contributed by atoms with E-state index >= 15 is 0 Å². The average molecular weight is 737 g/mol. The monoisotopic (exact) mass is 736 g/mol. The van der Waals surface area contributed by atoms with E-state index in [-0.39, 0.29) is 108 Å². The Balaban J connectivity index is 0.00000583. The van der Waals surface area contributed by atoms with Crippen LogP contribution in [-0.4, -0.2) is 59.1 Å². The molecule has 17 heteroatoms. The summed E-state index contributed by atoms with van der Waals surface area (Å²) >= 11 is 0. The van der Waals surface area contributed by atoms with Gasteiger partial charge in [-0.2, -0.15) is 0 Å². The fraction of sp³-hybridized carbons (Fsp3) is 0.294. The van der Waals surface area contributed by atoms with Gasteiger partial charge in [0.25, 0.3) is 10.4 Å². The van der Waals surface area contributed by atoms with Gasteiger partial charge in [0, 0.05) is 30.0 Å². The van der Waals surface area contributed by atoms with Gasteiger partial charge in [-0.1, -0.05) is 12.1 Å². The summed E-state index contributed by atoms with van der Waals surface area (Å²) in [6.45, 7) is 4.89. The van der Waals surface area contributed by atoms with Crippen LogP contribution in [0, 0.1) is 6.92 Å². The Kier molecular flexibility index (Phi) is 13.2. The van der Waals surface area contributed by atoms with E-state index in [0.29, 0.717) is 22.5 Å². The van der Waals surface area contributed by atoms with Crippen LogP contribution >= 0.6 is 0 Å². The van der Waals surface area contributed by atoms with Crippen molar-refractivity contribution in [2.24, 2.45) is 0 Å². The van der Waals surface area contributed by atoms with E-state index in [0.717, 1.165) is 11.6 Å². The Labute approximate surface area is 314 Å². The maximum Gasteiger partial charge on any atom is 1.00 e. The van der Waals surface area contributed by atoms with Gasteiger partial charge in [0.2, 0.25) is 0 Å². The molecule has 0 aliphatic heterocycles. The Bertz CT molecular complexity index is 2120. The first kappa shape index (κ1) is 39.3. The fourth-order valence-corrected chi connectivity index (χ4v) is 5.39. The molecule has 3 aromatic carbocycles. The number of benzene rings is 3. The summed E-state index contributed by atoms with van der Waals surface area (Å²) in [6, 6.07) is 12.6. The molecule has 266 valence electrons. The fourth-order valence-electron chi connectivity index (χ4n) is 5.04. The molecule has 2 heterocycles. The molecule has 0 spiro atoms. The number of aryl methyl sites for hydroxylation is 1. The maximum absolute atomic E-state index is 13.2. The zero-order valence-corrected chi connectivity index (χ0v) is 31.5. The largest absolute Gasteiger partial charge is 1.00 e. The van der Waals surface area contributed by atoms with Crippen LogP contribution in [0.1, 0.15) is 51.6 Å². The number of fused-ring (bicyclic) bond motifs is 2. The van der Waals surface area contributed by atoms with Crippen molar-refractivity contribution in [1.82, 2.24) is 0 Å². The molecule has 0 aliphatic carbocycles. The first-order valence-corrected chi connectivity index (χ1v) is 16.5. The maximum atomic E-state index is 13.2. The predicted octanol–water partition coefficient (Wildman–Crippen LogP) is 2.83. The van der Waals surface area contributed by atoms with Crippen molar-refractivity contribution in [3.05, 3.63) is 76.7 Å². The van der Waals surface area contributed by atoms with E-state index in [1.165, 1.54) is 20.3 Å². The van der Waals surface area contributed by atoms with Gasteiger partial charge in [-0.3, -0.25) is 0 Å². The number of furan rings is 2. The second-order valence-corrected chi connectivity index (χ2v) is 11.4. The van der Waals surface area contributed by atoms with Crippen molar-refractivity contribution >= 4 is 44.3 Å². The van der Waals surface area contributed by atoms with Crippen LogP contribution < -0.4 is 52.7 Å². The predicted molar refractivity (Wildman–Crippen MR) is 174 cm³/mol. The Hall–Kier alpha value is -4.45. The van der Waals surface area contributed by atoms with Gasteiger partial charge in [-0.15, -0.1) is 0 Å². The standard InChI is InChI=1S/C34H34O15S.Na/c1-6-42-33(35)31-19(3)47-24-15-28(44-16-20-8-10-21(11-9-20)46-18-40-4)27(12-22(24)31)45-17-30-32(34(36)43-7-2)23-13-29(49-50(37,38)39)26(41-5)14-25(23)48-30;/h8-15H,6-7,16-18H2,1-5H3,(H,37,38,39);/q;+1/p-1. The molecule has 0 saturated carbocycles. The molecule has 0 radical (unpaired) electrons. The third kappa shape index (κ3) is 9.27. The molecular formula is C34H33NaO15S. The minimum atomic E-state index is -5.19. The molecule has 0 unspecified atom stereocenters. The first-order chi connectivity index (χ1) is 24.0. The normalized spacial score (nSPS) is 11.2. The van der Waals surface area contributed by atoms with Gasteiger partial charge >= 0.3 is 41.5 Å². The molecule has 0 atom stereocenters. The van der Waals surface area contributed by atoms with Crippen molar-refractivity contribution in [1.29, 1.82) is 0 Å². The van der Waals surface area contributed by atoms with Crippen LogP contribution in [0.3, 0.4) is 0 Å². The summed E-state index contributed by atoms with van der Waals surface area (Å²) < 4.78 is 88.9. The molecule has 0 N–H and O–H groups in total. The Morgan fingerprint density at radius 2 is 1.31 bits per heavy atom. The van der Waals surface area contributed by atoms with E-state index in [1.807, 2.05) is 12.1 Å². The number of methoxy groups -OCH3 is 2. The quantitative estimate of drug-likeness (QED) is 0.0472. The SMILES string of the molecule is CCOC(=O)c1c(C)oc2cc(OCc3ccc(OCOC)cc3)c(OCc3oc4cc(OC)c(OS(=O)(=O)[O-])cc4c3C(=O)OCC)cc12.[Na+]. The van der Waals surface area contributed by atoms with Crippen LogP contribution in [0.2, 0.25) is 0 Å². The molecular weight excluding hydrogens is 703 g/mol. The van der Waals surface area contributed by atoms with E-state index in [1.54, 1.807) is 45.0 Å². The number of carbonyl (C=O) groups is 2. The number of rotatable bonds is 16. The molecule has 5 aromatic rings. The van der Waals surface area contributed by atoms with Crippen molar-refractivity contribution in [2.75, 3.05) is 34.2 Å². The molecule has 0 saturated heterocycles. The molecule has 2 aromatic heterocycles. The van der Waals surface area contributed by atoms with E-state index in [4.69, 9.17) is 42.0 Å². The van der Waals surface area contributed by atoms with Crippen LogP contribution in [-0.2, 0) is 37.8 Å². The number of esters is 2. The second-order valence-electron chi connectivity index (χ2n) is 10.4. The Morgan fingerprint density at radius 3 is 1.94 bits per heavy atom. The summed E-state index contributed by atoms with van der Waals surface area (Å²) in [7, 11) is -2.44. The van der Waals surface area contributed by atoms with Crippen LogP contribution in [0.5, 0.6) is 28.7 Å². The molecule has 0 fully saturated rings. The van der Waals surface area contributed by atoms with E-state index in [9.17, 15) is 22.6 Å². The van der Waals surface area contributed by atoms with Gasteiger partial charge in [-0.05, 0) is 50.6 Å². The molecule has 15 nitrogen and oxygen atoms in total. The first-order valence-electron chi connectivity index (χ1n) is 15.1. The van der Waals surface area contributed by atoms with E-state index < -0.39 is 28.1 Å². The number of hydrogen-bond acceptors (Lipinski definition) is 15. The molecule has 0 amide bonds.